The van der Waals surface area contributed by atoms with Gasteiger partial charge in [0.2, 0.25) is 0 Å². The molecule has 2 rings (SSSR count). The van der Waals surface area contributed by atoms with Gasteiger partial charge in [-0.1, -0.05) is 27.7 Å². The van der Waals surface area contributed by atoms with Crippen molar-refractivity contribution in [2.75, 3.05) is 0 Å². The van der Waals surface area contributed by atoms with Crippen LogP contribution in [0.1, 0.15) is 40.5 Å². The molecule has 2 aliphatic carbocycles. The van der Waals surface area contributed by atoms with E-state index in [0.717, 1.165) is 18.4 Å². The quantitative estimate of drug-likeness (QED) is 0.584. The molecular formula is C17H23ClZr. The zero-order valence-electron chi connectivity index (χ0n) is 12.3. The summed E-state index contributed by atoms with van der Waals surface area (Å²) < 4.78 is 0. The molecule has 0 aromatic heterocycles. The van der Waals surface area contributed by atoms with Gasteiger partial charge in [0.25, 0.3) is 0 Å². The number of hydrogen-bond donors (Lipinski definition) is 0. The maximum Gasteiger partial charge on any atom is 4.00 e. The molecule has 0 amide bonds. The minimum absolute atomic E-state index is 0. The Hall–Kier alpha value is -0.127. The van der Waals surface area contributed by atoms with Crippen molar-refractivity contribution in [2.45, 2.75) is 40.5 Å². The third-order valence-corrected chi connectivity index (χ3v) is 2.35. The summed E-state index contributed by atoms with van der Waals surface area (Å²) in [5.41, 5.74) is 1.19. The van der Waals surface area contributed by atoms with Gasteiger partial charge in [-0.25, -0.2) is 24.3 Å². The normalized spacial score (nSPS) is 13.5. The Labute approximate surface area is 145 Å². The van der Waals surface area contributed by atoms with E-state index in [9.17, 15) is 0 Å². The molecule has 0 nitrogen and oxygen atoms in total. The number of halogens is 1. The van der Waals surface area contributed by atoms with E-state index in [0.29, 0.717) is 0 Å². The van der Waals surface area contributed by atoms with Crippen molar-refractivity contribution in [2.24, 2.45) is 5.41 Å². The molecule has 0 heterocycles. The van der Waals surface area contributed by atoms with Gasteiger partial charge >= 0.3 is 26.2 Å². The average molecular weight is 354 g/mol. The maximum atomic E-state index is 5.49. The van der Waals surface area contributed by atoms with Crippen LogP contribution in [0, 0.1) is 24.1 Å². The van der Waals surface area contributed by atoms with E-state index in [-0.39, 0.29) is 44.0 Å². The molecular weight excluding hydrogens is 331 g/mol. The molecule has 0 N–H and O–H groups in total. The van der Waals surface area contributed by atoms with Crippen molar-refractivity contribution in [1.82, 2.24) is 0 Å². The summed E-state index contributed by atoms with van der Waals surface area (Å²) >= 11 is 0. The molecule has 2 aliphatic rings. The summed E-state index contributed by atoms with van der Waals surface area (Å²) in [5.74, 6) is 0. The second kappa shape index (κ2) is 14.3. The smallest absolute Gasteiger partial charge is 1.00 e. The van der Waals surface area contributed by atoms with Gasteiger partial charge in [0.15, 0.2) is 0 Å². The van der Waals surface area contributed by atoms with Crippen molar-refractivity contribution >= 4 is 0 Å². The van der Waals surface area contributed by atoms with Gasteiger partial charge in [0.05, 0.1) is 0 Å². The first-order chi connectivity index (χ1) is 7.94. The number of hydrogen-bond acceptors (Lipinski definition) is 0. The Morgan fingerprint density at radius 3 is 1.37 bits per heavy atom. The standard InChI is InChI=1S/C7H13.2C5H5.ClH.Zr/c1-6(2)7(3,4)5;2*1-2-4-5-3-1;;/h1H,2-5H3;2*1-3H,4H2;1H;/q3*-1;;+4/p-1. The molecule has 0 aromatic rings. The molecule has 0 saturated carbocycles. The van der Waals surface area contributed by atoms with Crippen LogP contribution >= 0.6 is 0 Å². The topological polar surface area (TPSA) is 0 Å². The first-order valence-electron chi connectivity index (χ1n) is 5.97. The molecule has 2 heteroatoms. The van der Waals surface area contributed by atoms with Crippen LogP contribution in [0.5, 0.6) is 0 Å². The van der Waals surface area contributed by atoms with Crippen LogP contribution in [0.25, 0.3) is 0 Å². The van der Waals surface area contributed by atoms with Gasteiger partial charge < -0.3 is 19.0 Å². The fourth-order valence-electron chi connectivity index (χ4n) is 0.680. The summed E-state index contributed by atoms with van der Waals surface area (Å²) in [7, 11) is 0. The van der Waals surface area contributed by atoms with Gasteiger partial charge in [-0.05, 0) is 5.41 Å². The summed E-state index contributed by atoms with van der Waals surface area (Å²) in [4.78, 5) is 0. The van der Waals surface area contributed by atoms with Gasteiger partial charge in [-0.15, -0.1) is 12.8 Å². The molecule has 0 aromatic carbocycles. The van der Waals surface area contributed by atoms with Crippen LogP contribution in [-0.2, 0) is 26.2 Å². The van der Waals surface area contributed by atoms with Gasteiger partial charge in [0, 0.05) is 0 Å². The first kappa shape index (κ1) is 23.9. The summed E-state index contributed by atoms with van der Waals surface area (Å²) in [6.45, 7) is 13.7. The molecule has 0 bridgehead atoms. The fraction of sp³-hybridized carbons (Fsp3) is 0.412. The zero-order chi connectivity index (χ0) is 13.1. The van der Waals surface area contributed by atoms with Crippen molar-refractivity contribution in [3.8, 4) is 0 Å². The Bertz CT molecular complexity index is 286. The molecule has 0 radical (unpaired) electrons. The van der Waals surface area contributed by atoms with E-state index < -0.39 is 0 Å². The molecule has 0 spiro atoms. The minimum Gasteiger partial charge on any atom is -1.00 e. The van der Waals surface area contributed by atoms with E-state index in [1.54, 1.807) is 0 Å². The largest absolute Gasteiger partial charge is 4.00 e. The zero-order valence-corrected chi connectivity index (χ0v) is 15.5. The van der Waals surface area contributed by atoms with Crippen LogP contribution in [-0.4, -0.2) is 0 Å². The summed E-state index contributed by atoms with van der Waals surface area (Å²) in [5, 5.41) is 0. The Morgan fingerprint density at radius 1 is 1.00 bits per heavy atom. The van der Waals surface area contributed by atoms with Gasteiger partial charge in [-0.3, -0.25) is 17.7 Å². The molecule has 0 saturated heterocycles. The van der Waals surface area contributed by atoms with E-state index in [1.807, 2.05) is 31.2 Å². The van der Waals surface area contributed by atoms with Crippen LogP contribution in [0.15, 0.2) is 42.0 Å². The monoisotopic (exact) mass is 352 g/mol. The molecule has 0 aliphatic heterocycles. The third kappa shape index (κ3) is 17.9. The van der Waals surface area contributed by atoms with E-state index in [2.05, 4.69) is 45.1 Å². The second-order valence-electron chi connectivity index (χ2n) is 4.94. The molecule has 0 fully saturated rings. The molecule has 0 unspecified atom stereocenters. The van der Waals surface area contributed by atoms with Crippen molar-refractivity contribution in [3.63, 3.8) is 0 Å². The summed E-state index contributed by atoms with van der Waals surface area (Å²) in [6.07, 6.45) is 20.0. The van der Waals surface area contributed by atoms with E-state index in [4.69, 9.17) is 6.58 Å². The van der Waals surface area contributed by atoms with Gasteiger partial charge in [0.1, 0.15) is 0 Å². The predicted molar refractivity (Wildman–Crippen MR) is 76.1 cm³/mol. The van der Waals surface area contributed by atoms with Gasteiger partial charge in [-0.2, -0.15) is 12.2 Å². The SMILES string of the molecule is [C-]1=CC=CC1.[C-]1=CC=CC1.[CH-]=C(C)C(C)(C)C.[Cl-].[Zr+4]. The van der Waals surface area contributed by atoms with Crippen LogP contribution in [0.4, 0.5) is 0 Å². The Kier molecular flexibility index (Phi) is 18.0. The van der Waals surface area contributed by atoms with Crippen LogP contribution in [0.3, 0.4) is 0 Å². The number of rotatable bonds is 0. The fourth-order valence-corrected chi connectivity index (χ4v) is 0.680. The molecule has 0 atom stereocenters. The Balaban J connectivity index is -0.000000194. The van der Waals surface area contributed by atoms with Crippen molar-refractivity contribution in [3.05, 3.63) is 60.8 Å². The first-order valence-corrected chi connectivity index (χ1v) is 5.97. The average Bonchev–Trinajstić information content (AvgIpc) is 2.96. The predicted octanol–water partition coefficient (Wildman–Crippen LogP) is 2.02. The number of allylic oxidation sites excluding steroid dienone is 9. The van der Waals surface area contributed by atoms with E-state index >= 15 is 0 Å². The maximum absolute atomic E-state index is 5.49. The third-order valence-electron chi connectivity index (χ3n) is 2.35. The Morgan fingerprint density at radius 2 is 1.32 bits per heavy atom. The van der Waals surface area contributed by atoms with E-state index in [1.165, 1.54) is 0 Å². The second-order valence-corrected chi connectivity index (χ2v) is 4.94. The van der Waals surface area contributed by atoms with Crippen LogP contribution < -0.4 is 12.4 Å². The van der Waals surface area contributed by atoms with Crippen molar-refractivity contribution in [1.29, 1.82) is 0 Å². The minimum atomic E-state index is 0. The summed E-state index contributed by atoms with van der Waals surface area (Å²) in [6, 6.07) is 0. The molecule has 102 valence electrons. The van der Waals surface area contributed by atoms with Crippen LogP contribution in [0.2, 0.25) is 0 Å². The van der Waals surface area contributed by atoms with Crippen molar-refractivity contribution < 1.29 is 38.6 Å². The molecule has 19 heavy (non-hydrogen) atoms.